The third kappa shape index (κ3) is 2.52. The molecule has 0 aliphatic rings. The molecular weight excluding hydrogens is 262 g/mol. The van der Waals surface area contributed by atoms with Crippen molar-refractivity contribution in [1.82, 2.24) is 14.3 Å². The van der Waals surface area contributed by atoms with Crippen molar-refractivity contribution in [2.75, 3.05) is 13.7 Å². The highest BCUT2D eigenvalue weighted by molar-refractivity contribution is 7.89. The molecule has 0 amide bonds. The van der Waals surface area contributed by atoms with Crippen LogP contribution >= 0.6 is 0 Å². The molecule has 102 valence electrons. The van der Waals surface area contributed by atoms with Gasteiger partial charge in [-0.15, -0.1) is 0 Å². The van der Waals surface area contributed by atoms with E-state index in [0.717, 1.165) is 10.5 Å². The highest BCUT2D eigenvalue weighted by Crippen LogP contribution is 2.19. The molecule has 0 aliphatic heterocycles. The molecule has 0 radical (unpaired) electrons. The Balaban J connectivity index is 3.39. The molecule has 1 rings (SSSR count). The number of aliphatic hydroxyl groups is 1. The minimum Gasteiger partial charge on any atom is -0.394 e. The van der Waals surface area contributed by atoms with Crippen LogP contribution in [0.1, 0.15) is 13.8 Å². The zero-order chi connectivity index (χ0) is 14.1. The highest BCUT2D eigenvalue weighted by atomic mass is 32.2. The lowest BCUT2D eigenvalue weighted by Crippen LogP contribution is -2.48. The average Bonchev–Trinajstić information content (AvgIpc) is 2.27. The largest absolute Gasteiger partial charge is 0.394 e. The lowest BCUT2D eigenvalue weighted by atomic mass is 10.1. The second kappa shape index (κ2) is 4.67. The van der Waals surface area contributed by atoms with Gasteiger partial charge in [0.25, 0.3) is 5.56 Å². The number of hydrogen-bond acceptors (Lipinski definition) is 5. The van der Waals surface area contributed by atoms with E-state index in [9.17, 15) is 18.0 Å². The maximum Gasteiger partial charge on any atom is 0.325 e. The van der Waals surface area contributed by atoms with E-state index >= 15 is 0 Å². The first kappa shape index (κ1) is 14.6. The molecule has 8 nitrogen and oxygen atoms in total. The smallest absolute Gasteiger partial charge is 0.325 e. The van der Waals surface area contributed by atoms with E-state index in [1.165, 1.54) is 20.9 Å². The van der Waals surface area contributed by atoms with Gasteiger partial charge in [-0.2, -0.15) is 4.31 Å². The van der Waals surface area contributed by atoms with Crippen LogP contribution in [-0.4, -0.2) is 47.0 Å². The summed E-state index contributed by atoms with van der Waals surface area (Å²) in [6.45, 7) is 2.60. The van der Waals surface area contributed by atoms with E-state index in [4.69, 9.17) is 5.11 Å². The summed E-state index contributed by atoms with van der Waals surface area (Å²) in [5.74, 6) is 0. The van der Waals surface area contributed by atoms with Crippen LogP contribution in [0, 0.1) is 0 Å². The van der Waals surface area contributed by atoms with Crippen molar-refractivity contribution in [3.63, 3.8) is 0 Å². The summed E-state index contributed by atoms with van der Waals surface area (Å²) in [5, 5.41) is 9.14. The fraction of sp³-hybridized carbons (Fsp3) is 0.556. The van der Waals surface area contributed by atoms with Gasteiger partial charge in [-0.25, -0.2) is 13.2 Å². The Morgan fingerprint density at radius 1 is 1.39 bits per heavy atom. The molecule has 1 heterocycles. The summed E-state index contributed by atoms with van der Waals surface area (Å²) in [6, 6.07) is 0. The first-order valence-electron chi connectivity index (χ1n) is 5.05. The lowest BCUT2D eigenvalue weighted by Gasteiger charge is -2.32. The number of aliphatic hydroxyl groups excluding tert-OH is 1. The lowest BCUT2D eigenvalue weighted by molar-refractivity contribution is 0.138. The maximum absolute atomic E-state index is 12.1. The molecule has 0 aliphatic carbocycles. The SMILES string of the molecule is CN(C(C)(C)CO)S(=O)(=O)c1c[nH]c(=O)[nH]c1=O. The Kier molecular flexibility index (Phi) is 3.79. The number of aromatic amines is 2. The Hall–Kier alpha value is -1.45. The van der Waals surface area contributed by atoms with Crippen LogP contribution in [-0.2, 0) is 10.0 Å². The van der Waals surface area contributed by atoms with Crippen molar-refractivity contribution in [3.05, 3.63) is 27.0 Å². The summed E-state index contributed by atoms with van der Waals surface area (Å²) in [4.78, 5) is 25.6. The first-order chi connectivity index (χ1) is 8.13. The van der Waals surface area contributed by atoms with Gasteiger partial charge in [0.1, 0.15) is 0 Å². The fourth-order valence-corrected chi connectivity index (χ4v) is 2.66. The van der Waals surface area contributed by atoms with Crippen molar-refractivity contribution >= 4 is 10.0 Å². The molecule has 3 N–H and O–H groups in total. The average molecular weight is 277 g/mol. The summed E-state index contributed by atoms with van der Waals surface area (Å²) in [6.07, 6.45) is 0.834. The van der Waals surface area contributed by atoms with Crippen molar-refractivity contribution in [3.8, 4) is 0 Å². The second-order valence-electron chi connectivity index (χ2n) is 4.38. The summed E-state index contributed by atoms with van der Waals surface area (Å²) in [7, 11) is -2.85. The molecule has 0 fully saturated rings. The van der Waals surface area contributed by atoms with Crippen molar-refractivity contribution in [1.29, 1.82) is 0 Å². The topological polar surface area (TPSA) is 123 Å². The molecular formula is C9H15N3O5S. The third-order valence-electron chi connectivity index (χ3n) is 2.66. The van der Waals surface area contributed by atoms with Crippen LogP contribution in [0.2, 0.25) is 0 Å². The molecule has 18 heavy (non-hydrogen) atoms. The van der Waals surface area contributed by atoms with Gasteiger partial charge in [-0.05, 0) is 13.8 Å². The van der Waals surface area contributed by atoms with Gasteiger partial charge in [-0.3, -0.25) is 9.78 Å². The zero-order valence-corrected chi connectivity index (χ0v) is 11.0. The first-order valence-corrected chi connectivity index (χ1v) is 6.49. The summed E-state index contributed by atoms with van der Waals surface area (Å²) >= 11 is 0. The number of aromatic nitrogens is 2. The fourth-order valence-electron chi connectivity index (χ4n) is 1.16. The van der Waals surface area contributed by atoms with E-state index in [-0.39, 0.29) is 0 Å². The minimum absolute atomic E-state index is 0.413. The predicted molar refractivity (Wildman–Crippen MR) is 63.8 cm³/mol. The Bertz CT molecular complexity index is 643. The van der Waals surface area contributed by atoms with Gasteiger partial charge in [0.05, 0.1) is 12.1 Å². The molecule has 0 bridgehead atoms. The number of sulfonamides is 1. The number of rotatable bonds is 4. The van der Waals surface area contributed by atoms with Crippen LogP contribution in [0.25, 0.3) is 0 Å². The van der Waals surface area contributed by atoms with Crippen LogP contribution in [0.5, 0.6) is 0 Å². The number of hydrogen-bond donors (Lipinski definition) is 3. The van der Waals surface area contributed by atoms with Crippen molar-refractivity contribution in [2.45, 2.75) is 24.3 Å². The molecule has 0 unspecified atom stereocenters. The minimum atomic E-state index is -4.10. The molecule has 0 saturated carbocycles. The van der Waals surface area contributed by atoms with Crippen LogP contribution < -0.4 is 11.2 Å². The van der Waals surface area contributed by atoms with Crippen LogP contribution in [0.4, 0.5) is 0 Å². The normalized spacial score (nSPS) is 12.9. The number of nitrogens with one attached hydrogen (secondary N) is 2. The standard InChI is InChI=1S/C9H15N3O5S/c1-9(2,5-13)12(3)18(16,17)6-4-10-8(15)11-7(6)14/h4,13H,5H2,1-3H3,(H2,10,11,14,15). The molecule has 0 atom stereocenters. The third-order valence-corrected chi connectivity index (χ3v) is 4.74. The van der Waals surface area contributed by atoms with E-state index in [1.54, 1.807) is 0 Å². The van der Waals surface area contributed by atoms with Gasteiger partial charge in [-0.1, -0.05) is 0 Å². The molecule has 0 saturated heterocycles. The van der Waals surface area contributed by atoms with Gasteiger partial charge < -0.3 is 10.1 Å². The van der Waals surface area contributed by atoms with E-state index in [2.05, 4.69) is 4.98 Å². The Morgan fingerprint density at radius 3 is 2.39 bits per heavy atom. The van der Waals surface area contributed by atoms with Gasteiger partial charge in [0, 0.05) is 13.2 Å². The van der Waals surface area contributed by atoms with Gasteiger partial charge in [0.15, 0.2) is 4.90 Å². The maximum atomic E-state index is 12.1. The molecule has 0 aromatic carbocycles. The quantitative estimate of drug-likeness (QED) is 0.615. The van der Waals surface area contributed by atoms with Gasteiger partial charge in [0.2, 0.25) is 10.0 Å². The molecule has 9 heteroatoms. The number of likely N-dealkylation sites (N-methyl/N-ethyl adjacent to an activating group) is 1. The summed E-state index contributed by atoms with van der Waals surface area (Å²) in [5.41, 5.74) is -2.86. The Labute approximate surface area is 103 Å². The zero-order valence-electron chi connectivity index (χ0n) is 10.2. The number of H-pyrrole nitrogens is 2. The molecule has 1 aromatic heterocycles. The second-order valence-corrected chi connectivity index (χ2v) is 6.32. The van der Waals surface area contributed by atoms with E-state index in [1.807, 2.05) is 4.98 Å². The van der Waals surface area contributed by atoms with Crippen LogP contribution in [0.15, 0.2) is 20.7 Å². The summed E-state index contributed by atoms with van der Waals surface area (Å²) < 4.78 is 25.2. The highest BCUT2D eigenvalue weighted by Gasteiger charge is 2.35. The van der Waals surface area contributed by atoms with Crippen molar-refractivity contribution in [2.24, 2.45) is 0 Å². The van der Waals surface area contributed by atoms with E-state index < -0.39 is 38.3 Å². The number of nitrogens with zero attached hydrogens (tertiary/aromatic N) is 1. The van der Waals surface area contributed by atoms with Gasteiger partial charge >= 0.3 is 5.69 Å². The monoisotopic (exact) mass is 277 g/mol. The predicted octanol–water partition coefficient (Wildman–Crippen LogP) is -1.55. The van der Waals surface area contributed by atoms with Crippen LogP contribution in [0.3, 0.4) is 0 Å². The Morgan fingerprint density at radius 2 is 1.94 bits per heavy atom. The molecule has 0 spiro atoms. The van der Waals surface area contributed by atoms with E-state index in [0.29, 0.717) is 0 Å². The van der Waals surface area contributed by atoms with Crippen molar-refractivity contribution < 1.29 is 13.5 Å². The molecule has 1 aromatic rings.